The Kier molecular flexibility index (Phi) is 6.36. The third-order valence-corrected chi connectivity index (χ3v) is 7.47. The number of Topliss-reactive ketones (excluding diaryl/α,β-unsaturated/α-hetero) is 1. The minimum Gasteiger partial charge on any atom is -0.454 e. The largest absolute Gasteiger partial charge is 0.454 e. The Morgan fingerprint density at radius 1 is 0.833 bits per heavy atom. The fraction of sp³-hybridized carbons (Fsp3) is 0.263. The second kappa shape index (κ2) is 8.64. The predicted octanol–water partition coefficient (Wildman–Crippen LogP) is 1.16. The molecule has 11 heteroatoms. The van der Waals surface area contributed by atoms with Gasteiger partial charge in [-0.05, 0) is 61.4 Å². The number of nitrogens with two attached hydrogens (primary N) is 1. The lowest BCUT2D eigenvalue weighted by atomic mass is 10.1. The van der Waals surface area contributed by atoms with Crippen molar-refractivity contribution in [2.24, 2.45) is 5.14 Å². The Balaban J connectivity index is 1.61. The van der Waals surface area contributed by atoms with Crippen LogP contribution in [0.15, 0.2) is 58.3 Å². The molecule has 30 heavy (non-hydrogen) atoms. The second-order valence-electron chi connectivity index (χ2n) is 6.70. The summed E-state index contributed by atoms with van der Waals surface area (Å²) in [5.74, 6) is -1.31. The number of nitrogens with zero attached hydrogens (tertiary/aromatic N) is 1. The minimum atomic E-state index is -3.88. The van der Waals surface area contributed by atoms with Crippen molar-refractivity contribution in [1.82, 2.24) is 4.31 Å². The van der Waals surface area contributed by atoms with Crippen molar-refractivity contribution < 1.29 is 31.2 Å². The third kappa shape index (κ3) is 4.93. The smallest absolute Gasteiger partial charge is 0.338 e. The molecular formula is C19H20N2O7S2. The van der Waals surface area contributed by atoms with Gasteiger partial charge in [-0.15, -0.1) is 0 Å². The summed E-state index contributed by atoms with van der Waals surface area (Å²) in [5, 5.41) is 4.99. The van der Waals surface area contributed by atoms with E-state index in [0.717, 1.165) is 25.0 Å². The van der Waals surface area contributed by atoms with E-state index in [1.165, 1.54) is 40.7 Å². The predicted molar refractivity (Wildman–Crippen MR) is 107 cm³/mol. The van der Waals surface area contributed by atoms with Crippen LogP contribution in [0.1, 0.15) is 33.6 Å². The van der Waals surface area contributed by atoms with Gasteiger partial charge in [0, 0.05) is 18.7 Å². The Hall–Kier alpha value is -2.60. The summed E-state index contributed by atoms with van der Waals surface area (Å²) in [6, 6.07) is 10.2. The molecule has 0 spiro atoms. The van der Waals surface area contributed by atoms with Crippen molar-refractivity contribution in [2.75, 3.05) is 19.7 Å². The molecule has 0 atom stereocenters. The van der Waals surface area contributed by atoms with E-state index in [4.69, 9.17) is 9.88 Å². The molecule has 0 bridgehead atoms. The van der Waals surface area contributed by atoms with Crippen LogP contribution in [0.3, 0.4) is 0 Å². The Bertz CT molecular complexity index is 1150. The molecule has 160 valence electrons. The van der Waals surface area contributed by atoms with Gasteiger partial charge in [-0.25, -0.2) is 26.8 Å². The number of benzene rings is 2. The van der Waals surface area contributed by atoms with Gasteiger partial charge in [-0.3, -0.25) is 4.79 Å². The molecule has 2 aromatic carbocycles. The molecule has 0 unspecified atom stereocenters. The molecule has 0 aromatic heterocycles. The number of sulfonamides is 2. The van der Waals surface area contributed by atoms with Crippen molar-refractivity contribution in [3.05, 3.63) is 59.7 Å². The van der Waals surface area contributed by atoms with Crippen molar-refractivity contribution in [2.45, 2.75) is 22.6 Å². The van der Waals surface area contributed by atoms with E-state index in [1.54, 1.807) is 0 Å². The summed E-state index contributed by atoms with van der Waals surface area (Å²) < 4.78 is 53.8. The fourth-order valence-corrected chi connectivity index (χ4v) is 5.00. The first-order valence-electron chi connectivity index (χ1n) is 9.02. The van der Waals surface area contributed by atoms with Gasteiger partial charge in [-0.2, -0.15) is 4.31 Å². The van der Waals surface area contributed by atoms with E-state index in [0.29, 0.717) is 13.1 Å². The fourth-order valence-electron chi connectivity index (χ4n) is 2.97. The van der Waals surface area contributed by atoms with Gasteiger partial charge in [0.2, 0.25) is 20.0 Å². The number of primary sulfonamides is 1. The molecule has 0 saturated carbocycles. The molecule has 2 aromatic rings. The second-order valence-corrected chi connectivity index (χ2v) is 10.2. The van der Waals surface area contributed by atoms with Crippen LogP contribution >= 0.6 is 0 Å². The minimum absolute atomic E-state index is 0.0576. The number of ether oxygens (including phenoxy) is 1. The van der Waals surface area contributed by atoms with E-state index in [-0.39, 0.29) is 20.9 Å². The number of hydrogen-bond donors (Lipinski definition) is 1. The van der Waals surface area contributed by atoms with Crippen molar-refractivity contribution >= 4 is 31.8 Å². The lowest BCUT2D eigenvalue weighted by Gasteiger charge is -2.15. The van der Waals surface area contributed by atoms with Crippen LogP contribution in [-0.2, 0) is 24.8 Å². The maximum absolute atomic E-state index is 12.5. The zero-order valence-electron chi connectivity index (χ0n) is 15.9. The van der Waals surface area contributed by atoms with Crippen LogP contribution < -0.4 is 5.14 Å². The molecule has 0 amide bonds. The van der Waals surface area contributed by atoms with E-state index >= 15 is 0 Å². The number of ketones is 1. The number of rotatable bonds is 7. The van der Waals surface area contributed by atoms with Crippen LogP contribution in [0.4, 0.5) is 0 Å². The van der Waals surface area contributed by atoms with Crippen LogP contribution in [-0.4, -0.2) is 52.6 Å². The van der Waals surface area contributed by atoms with Crippen LogP contribution in [0.25, 0.3) is 0 Å². The standard InChI is InChI=1S/C19H20N2O7S2/c20-29(24,25)16-7-5-15(6-8-16)19(23)28-13-18(22)14-3-9-17(10-4-14)30(26,27)21-11-1-2-12-21/h3-10H,1-2,11-13H2,(H2,20,24,25). The molecule has 1 heterocycles. The van der Waals surface area contributed by atoms with E-state index < -0.39 is 38.4 Å². The molecule has 1 fully saturated rings. The van der Waals surface area contributed by atoms with Crippen LogP contribution in [0.5, 0.6) is 0 Å². The first kappa shape index (κ1) is 22.1. The number of esters is 1. The van der Waals surface area contributed by atoms with Crippen molar-refractivity contribution in [1.29, 1.82) is 0 Å². The quantitative estimate of drug-likeness (QED) is 0.491. The molecular weight excluding hydrogens is 432 g/mol. The molecule has 1 aliphatic heterocycles. The van der Waals surface area contributed by atoms with Gasteiger partial charge < -0.3 is 4.74 Å². The summed E-state index contributed by atoms with van der Waals surface area (Å²) in [6.45, 7) is 0.419. The zero-order valence-corrected chi connectivity index (χ0v) is 17.5. The Morgan fingerprint density at radius 2 is 1.33 bits per heavy atom. The molecule has 0 aliphatic carbocycles. The highest BCUT2D eigenvalue weighted by Gasteiger charge is 2.27. The SMILES string of the molecule is NS(=O)(=O)c1ccc(C(=O)OCC(=O)c2ccc(S(=O)(=O)N3CCCC3)cc2)cc1. The molecule has 1 saturated heterocycles. The summed E-state index contributed by atoms with van der Waals surface area (Å²) in [5.41, 5.74) is 0.259. The molecule has 0 radical (unpaired) electrons. The average Bonchev–Trinajstić information content (AvgIpc) is 3.27. The number of carbonyl (C=O) groups excluding carboxylic acids is 2. The summed E-state index contributed by atoms with van der Waals surface area (Å²) >= 11 is 0. The number of carbonyl (C=O) groups is 2. The van der Waals surface area contributed by atoms with Gasteiger partial charge in [0.15, 0.2) is 12.4 Å². The van der Waals surface area contributed by atoms with E-state index in [9.17, 15) is 26.4 Å². The topological polar surface area (TPSA) is 141 Å². The molecule has 1 aliphatic rings. The maximum Gasteiger partial charge on any atom is 0.338 e. The third-order valence-electron chi connectivity index (χ3n) is 4.63. The van der Waals surface area contributed by atoms with Gasteiger partial charge in [-0.1, -0.05) is 0 Å². The van der Waals surface area contributed by atoms with Gasteiger partial charge in [0.25, 0.3) is 0 Å². The highest BCUT2D eigenvalue weighted by atomic mass is 32.2. The monoisotopic (exact) mass is 452 g/mol. The lowest BCUT2D eigenvalue weighted by Crippen LogP contribution is -2.27. The van der Waals surface area contributed by atoms with Gasteiger partial charge in [0.05, 0.1) is 15.4 Å². The van der Waals surface area contributed by atoms with E-state index in [2.05, 4.69) is 0 Å². The number of hydrogen-bond acceptors (Lipinski definition) is 7. The molecule has 9 nitrogen and oxygen atoms in total. The average molecular weight is 453 g/mol. The zero-order chi connectivity index (χ0) is 21.9. The van der Waals surface area contributed by atoms with Gasteiger partial charge >= 0.3 is 5.97 Å². The first-order valence-corrected chi connectivity index (χ1v) is 12.0. The van der Waals surface area contributed by atoms with E-state index in [1.807, 2.05) is 0 Å². The Morgan fingerprint density at radius 3 is 1.87 bits per heavy atom. The normalized spacial score (nSPS) is 15.1. The lowest BCUT2D eigenvalue weighted by molar-refractivity contribution is 0.0474. The maximum atomic E-state index is 12.5. The summed E-state index contributed by atoms with van der Waals surface area (Å²) in [7, 11) is -7.45. The van der Waals surface area contributed by atoms with Gasteiger partial charge in [0.1, 0.15) is 0 Å². The molecule has 3 rings (SSSR count). The highest BCUT2D eigenvalue weighted by Crippen LogP contribution is 2.21. The first-order chi connectivity index (χ1) is 14.1. The Labute approximate surface area is 174 Å². The van der Waals surface area contributed by atoms with Crippen molar-refractivity contribution in [3.63, 3.8) is 0 Å². The van der Waals surface area contributed by atoms with Crippen LogP contribution in [0.2, 0.25) is 0 Å². The summed E-state index contributed by atoms with van der Waals surface area (Å²) in [4.78, 5) is 24.2. The molecule has 2 N–H and O–H groups in total. The highest BCUT2D eigenvalue weighted by molar-refractivity contribution is 7.89. The van der Waals surface area contributed by atoms with Crippen LogP contribution in [0, 0.1) is 0 Å². The summed E-state index contributed by atoms with van der Waals surface area (Å²) in [6.07, 6.45) is 1.65. The van der Waals surface area contributed by atoms with Crippen molar-refractivity contribution in [3.8, 4) is 0 Å².